The van der Waals surface area contributed by atoms with Crippen molar-refractivity contribution in [1.82, 2.24) is 0 Å². The number of rotatable bonds is 1. The standard InChI is InChI=1S/C13H20/c1-11(2)12-5-9-13(10-6-12)7-3-4-8-13/h3,5,7,11H,4,6,8-10H2,1-2H3. The van der Waals surface area contributed by atoms with Gasteiger partial charge in [-0.15, -0.1) is 0 Å². The van der Waals surface area contributed by atoms with E-state index in [0.29, 0.717) is 5.41 Å². The molecule has 0 aromatic carbocycles. The molecule has 0 amide bonds. The zero-order valence-electron chi connectivity index (χ0n) is 8.84. The summed E-state index contributed by atoms with van der Waals surface area (Å²) in [7, 11) is 0. The maximum absolute atomic E-state index is 2.50. The molecule has 0 saturated heterocycles. The maximum atomic E-state index is 2.50. The minimum Gasteiger partial charge on any atom is -0.0879 e. The summed E-state index contributed by atoms with van der Waals surface area (Å²) in [5, 5.41) is 0. The molecule has 0 radical (unpaired) electrons. The van der Waals surface area contributed by atoms with Crippen molar-refractivity contribution in [2.45, 2.75) is 46.0 Å². The van der Waals surface area contributed by atoms with Crippen molar-refractivity contribution in [2.24, 2.45) is 11.3 Å². The molecule has 0 aliphatic heterocycles. The van der Waals surface area contributed by atoms with Gasteiger partial charge in [0.15, 0.2) is 0 Å². The molecule has 72 valence electrons. The van der Waals surface area contributed by atoms with Gasteiger partial charge in [0.25, 0.3) is 0 Å². The van der Waals surface area contributed by atoms with E-state index in [4.69, 9.17) is 0 Å². The average molecular weight is 176 g/mol. The molecule has 0 aromatic heterocycles. The molecule has 0 N–H and O–H groups in total. The molecule has 0 heteroatoms. The summed E-state index contributed by atoms with van der Waals surface area (Å²) < 4.78 is 0. The highest BCUT2D eigenvalue weighted by molar-refractivity contribution is 5.18. The van der Waals surface area contributed by atoms with E-state index in [-0.39, 0.29) is 0 Å². The monoisotopic (exact) mass is 176 g/mol. The third-order valence-corrected chi connectivity index (χ3v) is 3.70. The summed E-state index contributed by atoms with van der Waals surface area (Å²) in [5.74, 6) is 0.766. The van der Waals surface area contributed by atoms with Crippen LogP contribution in [0.4, 0.5) is 0 Å². The lowest BCUT2D eigenvalue weighted by Gasteiger charge is -2.32. The molecule has 1 atom stereocenters. The van der Waals surface area contributed by atoms with Gasteiger partial charge in [-0.3, -0.25) is 0 Å². The summed E-state index contributed by atoms with van der Waals surface area (Å²) in [6.45, 7) is 4.63. The molecule has 2 aliphatic rings. The van der Waals surface area contributed by atoms with Crippen LogP contribution in [-0.4, -0.2) is 0 Å². The predicted octanol–water partition coefficient (Wildman–Crippen LogP) is 4.09. The highest BCUT2D eigenvalue weighted by Crippen LogP contribution is 2.45. The smallest absolute Gasteiger partial charge is 0.00777 e. The van der Waals surface area contributed by atoms with Crippen molar-refractivity contribution < 1.29 is 0 Å². The van der Waals surface area contributed by atoms with Crippen LogP contribution in [0.25, 0.3) is 0 Å². The van der Waals surface area contributed by atoms with Crippen molar-refractivity contribution in [3.05, 3.63) is 23.8 Å². The second-order valence-corrected chi connectivity index (χ2v) is 4.94. The normalized spacial score (nSPS) is 33.0. The molecule has 2 rings (SSSR count). The molecular weight excluding hydrogens is 156 g/mol. The molecule has 1 unspecified atom stereocenters. The van der Waals surface area contributed by atoms with Gasteiger partial charge in [0.1, 0.15) is 0 Å². The first-order valence-electron chi connectivity index (χ1n) is 5.58. The molecule has 0 heterocycles. The van der Waals surface area contributed by atoms with Crippen LogP contribution in [0.2, 0.25) is 0 Å². The summed E-state index contributed by atoms with van der Waals surface area (Å²) in [6, 6.07) is 0. The molecule has 2 aliphatic carbocycles. The van der Waals surface area contributed by atoms with Gasteiger partial charge in [0, 0.05) is 0 Å². The average Bonchev–Trinajstić information content (AvgIpc) is 2.54. The third-order valence-electron chi connectivity index (χ3n) is 3.70. The Morgan fingerprint density at radius 1 is 1.31 bits per heavy atom. The molecule has 0 fully saturated rings. The highest BCUT2D eigenvalue weighted by Gasteiger charge is 2.31. The van der Waals surface area contributed by atoms with Crippen molar-refractivity contribution in [1.29, 1.82) is 0 Å². The molecule has 0 saturated carbocycles. The van der Waals surface area contributed by atoms with Gasteiger partial charge >= 0.3 is 0 Å². The maximum Gasteiger partial charge on any atom is -0.00777 e. The van der Waals surface area contributed by atoms with E-state index in [0.717, 1.165) is 5.92 Å². The third kappa shape index (κ3) is 1.72. The lowest BCUT2D eigenvalue weighted by atomic mass is 9.73. The fourth-order valence-electron chi connectivity index (χ4n) is 2.62. The van der Waals surface area contributed by atoms with E-state index in [2.05, 4.69) is 32.1 Å². The number of allylic oxidation sites excluding steroid dienone is 4. The molecule has 1 spiro atoms. The van der Waals surface area contributed by atoms with E-state index in [9.17, 15) is 0 Å². The van der Waals surface area contributed by atoms with Crippen LogP contribution in [0.1, 0.15) is 46.0 Å². The molecular formula is C13H20. The van der Waals surface area contributed by atoms with E-state index in [1.165, 1.54) is 32.1 Å². The Morgan fingerprint density at radius 2 is 2.15 bits per heavy atom. The van der Waals surface area contributed by atoms with Gasteiger partial charge in [0.05, 0.1) is 0 Å². The predicted molar refractivity (Wildman–Crippen MR) is 57.6 cm³/mol. The number of hydrogen-bond acceptors (Lipinski definition) is 0. The Bertz CT molecular complexity index is 245. The Hall–Kier alpha value is -0.520. The van der Waals surface area contributed by atoms with Gasteiger partial charge in [-0.05, 0) is 43.4 Å². The van der Waals surface area contributed by atoms with Crippen LogP contribution in [0.5, 0.6) is 0 Å². The van der Waals surface area contributed by atoms with Crippen molar-refractivity contribution in [3.63, 3.8) is 0 Å². The lowest BCUT2D eigenvalue weighted by molar-refractivity contribution is 0.326. The lowest BCUT2D eigenvalue weighted by Crippen LogP contribution is -2.19. The van der Waals surface area contributed by atoms with E-state index < -0.39 is 0 Å². The topological polar surface area (TPSA) is 0 Å². The Morgan fingerprint density at radius 3 is 2.62 bits per heavy atom. The van der Waals surface area contributed by atoms with Gasteiger partial charge in [-0.2, -0.15) is 0 Å². The first kappa shape index (κ1) is 9.05. The first-order chi connectivity index (χ1) is 6.22. The van der Waals surface area contributed by atoms with E-state index in [1.807, 2.05) is 0 Å². The van der Waals surface area contributed by atoms with Crippen molar-refractivity contribution in [2.75, 3.05) is 0 Å². The summed E-state index contributed by atoms with van der Waals surface area (Å²) in [5.41, 5.74) is 2.27. The van der Waals surface area contributed by atoms with Crippen LogP contribution >= 0.6 is 0 Å². The fraction of sp³-hybridized carbons (Fsp3) is 0.692. The van der Waals surface area contributed by atoms with Gasteiger partial charge in [-0.25, -0.2) is 0 Å². The summed E-state index contributed by atoms with van der Waals surface area (Å²) in [4.78, 5) is 0. The SMILES string of the molecule is CC(C)C1=CCC2(C=CCC2)CC1. The Labute approximate surface area is 81.7 Å². The first-order valence-corrected chi connectivity index (χ1v) is 5.58. The van der Waals surface area contributed by atoms with Crippen molar-refractivity contribution in [3.8, 4) is 0 Å². The Balaban J connectivity index is 2.06. The minimum atomic E-state index is 0.582. The van der Waals surface area contributed by atoms with Gasteiger partial charge < -0.3 is 0 Å². The molecule has 0 bridgehead atoms. The second-order valence-electron chi connectivity index (χ2n) is 4.94. The summed E-state index contributed by atoms with van der Waals surface area (Å²) in [6.07, 6.45) is 14.1. The zero-order valence-corrected chi connectivity index (χ0v) is 8.84. The van der Waals surface area contributed by atoms with Crippen LogP contribution in [0.3, 0.4) is 0 Å². The largest absolute Gasteiger partial charge is 0.0879 e. The van der Waals surface area contributed by atoms with E-state index in [1.54, 1.807) is 5.57 Å². The summed E-state index contributed by atoms with van der Waals surface area (Å²) >= 11 is 0. The van der Waals surface area contributed by atoms with Crippen LogP contribution < -0.4 is 0 Å². The fourth-order valence-corrected chi connectivity index (χ4v) is 2.62. The second kappa shape index (κ2) is 3.32. The van der Waals surface area contributed by atoms with Gasteiger partial charge in [0.2, 0.25) is 0 Å². The van der Waals surface area contributed by atoms with Crippen molar-refractivity contribution >= 4 is 0 Å². The van der Waals surface area contributed by atoms with Crippen LogP contribution in [0.15, 0.2) is 23.8 Å². The zero-order chi connectivity index (χ0) is 9.31. The highest BCUT2D eigenvalue weighted by atomic mass is 14.4. The quantitative estimate of drug-likeness (QED) is 0.528. The van der Waals surface area contributed by atoms with E-state index >= 15 is 0 Å². The van der Waals surface area contributed by atoms with Crippen LogP contribution in [0, 0.1) is 11.3 Å². The van der Waals surface area contributed by atoms with Crippen LogP contribution in [-0.2, 0) is 0 Å². The number of hydrogen-bond donors (Lipinski definition) is 0. The molecule has 0 aromatic rings. The minimum absolute atomic E-state index is 0.582. The Kier molecular flexibility index (Phi) is 2.31. The molecule has 13 heavy (non-hydrogen) atoms. The van der Waals surface area contributed by atoms with Gasteiger partial charge in [-0.1, -0.05) is 37.6 Å². The molecule has 0 nitrogen and oxygen atoms in total.